The van der Waals surface area contributed by atoms with Crippen LogP contribution in [0, 0.1) is 11.3 Å². The van der Waals surface area contributed by atoms with E-state index in [1.807, 2.05) is 42.6 Å². The lowest BCUT2D eigenvalue weighted by molar-refractivity contribution is 0.459. The first kappa shape index (κ1) is 21.0. The van der Waals surface area contributed by atoms with Crippen molar-refractivity contribution in [3.8, 4) is 6.07 Å². The summed E-state index contributed by atoms with van der Waals surface area (Å²) < 4.78 is 0. The third kappa shape index (κ3) is 6.10. The number of nitriles is 1. The smallest absolute Gasteiger partial charge is 0.191 e. The lowest BCUT2D eigenvalue weighted by Gasteiger charge is -2.33. The van der Waals surface area contributed by atoms with Crippen molar-refractivity contribution in [3.05, 3.63) is 59.8 Å². The zero-order valence-corrected chi connectivity index (χ0v) is 17.8. The molecular formula is C20H25IN6. The number of nitrogens with zero attached hydrogens (tertiary/aromatic N) is 4. The second-order valence-electron chi connectivity index (χ2n) is 6.33. The summed E-state index contributed by atoms with van der Waals surface area (Å²) in [5.41, 5.74) is 1.80. The molecule has 2 aromatic rings. The van der Waals surface area contributed by atoms with Gasteiger partial charge in [0.05, 0.1) is 11.6 Å². The summed E-state index contributed by atoms with van der Waals surface area (Å²) in [6, 6.07) is 16.2. The maximum absolute atomic E-state index is 8.86. The van der Waals surface area contributed by atoms with Gasteiger partial charge in [-0.15, -0.1) is 24.0 Å². The lowest BCUT2D eigenvalue weighted by atomic mass is 10.1. The molecule has 3 rings (SSSR count). The topological polar surface area (TPSA) is 76.3 Å². The molecule has 0 spiro atoms. The van der Waals surface area contributed by atoms with Crippen LogP contribution in [-0.4, -0.2) is 37.1 Å². The summed E-state index contributed by atoms with van der Waals surface area (Å²) in [6.45, 7) is 2.65. The number of nitrogens with one attached hydrogen (secondary N) is 2. The highest BCUT2D eigenvalue weighted by Gasteiger charge is 2.20. The Morgan fingerprint density at radius 1 is 1.22 bits per heavy atom. The molecule has 1 aliphatic heterocycles. The van der Waals surface area contributed by atoms with E-state index in [1.54, 1.807) is 7.05 Å². The third-order valence-electron chi connectivity index (χ3n) is 4.58. The summed E-state index contributed by atoms with van der Waals surface area (Å²) in [4.78, 5) is 11.1. The van der Waals surface area contributed by atoms with E-state index in [4.69, 9.17) is 5.26 Å². The molecule has 1 saturated heterocycles. The van der Waals surface area contributed by atoms with E-state index < -0.39 is 0 Å². The van der Waals surface area contributed by atoms with Crippen LogP contribution in [0.5, 0.6) is 0 Å². The first-order chi connectivity index (χ1) is 12.8. The van der Waals surface area contributed by atoms with Crippen LogP contribution in [0.3, 0.4) is 0 Å². The van der Waals surface area contributed by atoms with Gasteiger partial charge in [-0.05, 0) is 42.7 Å². The van der Waals surface area contributed by atoms with Crippen LogP contribution in [0.25, 0.3) is 0 Å². The molecule has 7 heteroatoms. The summed E-state index contributed by atoms with van der Waals surface area (Å²) in [7, 11) is 1.79. The van der Waals surface area contributed by atoms with Crippen LogP contribution in [0.4, 0.5) is 5.82 Å². The van der Waals surface area contributed by atoms with Gasteiger partial charge in [-0.1, -0.05) is 18.2 Å². The predicted molar refractivity (Wildman–Crippen MR) is 119 cm³/mol. The van der Waals surface area contributed by atoms with Crippen molar-refractivity contribution in [2.45, 2.75) is 25.4 Å². The van der Waals surface area contributed by atoms with Gasteiger partial charge in [-0.2, -0.15) is 5.26 Å². The number of benzene rings is 1. The molecule has 0 aliphatic carbocycles. The lowest BCUT2D eigenvalue weighted by Crippen LogP contribution is -2.48. The molecule has 0 atom stereocenters. The van der Waals surface area contributed by atoms with Gasteiger partial charge in [0.2, 0.25) is 0 Å². The second-order valence-corrected chi connectivity index (χ2v) is 6.33. The number of guanidine groups is 1. The molecule has 6 nitrogen and oxygen atoms in total. The van der Waals surface area contributed by atoms with Crippen molar-refractivity contribution < 1.29 is 0 Å². The molecule has 2 heterocycles. The molecule has 142 valence electrons. The first-order valence-corrected chi connectivity index (χ1v) is 8.90. The van der Waals surface area contributed by atoms with Crippen molar-refractivity contribution >= 4 is 35.8 Å². The monoisotopic (exact) mass is 476 g/mol. The van der Waals surface area contributed by atoms with Crippen molar-refractivity contribution in [1.29, 1.82) is 5.26 Å². The van der Waals surface area contributed by atoms with Crippen molar-refractivity contribution in [3.63, 3.8) is 0 Å². The summed E-state index contributed by atoms with van der Waals surface area (Å²) >= 11 is 0. The van der Waals surface area contributed by atoms with Crippen molar-refractivity contribution in [2.75, 3.05) is 25.0 Å². The zero-order chi connectivity index (χ0) is 18.2. The maximum Gasteiger partial charge on any atom is 0.191 e. The highest BCUT2D eigenvalue weighted by Crippen LogP contribution is 2.17. The van der Waals surface area contributed by atoms with Crippen LogP contribution < -0.4 is 15.5 Å². The zero-order valence-electron chi connectivity index (χ0n) is 15.4. The third-order valence-corrected chi connectivity index (χ3v) is 4.58. The molecule has 1 aromatic heterocycles. The van der Waals surface area contributed by atoms with E-state index in [2.05, 4.69) is 37.6 Å². The minimum Gasteiger partial charge on any atom is -0.356 e. The molecule has 1 fully saturated rings. The average molecular weight is 476 g/mol. The van der Waals surface area contributed by atoms with E-state index in [9.17, 15) is 0 Å². The van der Waals surface area contributed by atoms with Gasteiger partial charge in [-0.25, -0.2) is 4.98 Å². The fourth-order valence-corrected chi connectivity index (χ4v) is 3.06. The van der Waals surface area contributed by atoms with Gasteiger partial charge in [0.1, 0.15) is 5.82 Å². The van der Waals surface area contributed by atoms with Crippen LogP contribution in [0.2, 0.25) is 0 Å². The van der Waals surface area contributed by atoms with Gasteiger partial charge in [0.15, 0.2) is 5.96 Å². The van der Waals surface area contributed by atoms with Crippen molar-refractivity contribution in [1.82, 2.24) is 15.6 Å². The number of rotatable bonds is 4. The number of hydrogen-bond donors (Lipinski definition) is 2. The van der Waals surface area contributed by atoms with Crippen molar-refractivity contribution in [2.24, 2.45) is 4.99 Å². The maximum atomic E-state index is 8.86. The highest BCUT2D eigenvalue weighted by molar-refractivity contribution is 14.0. The molecule has 1 aromatic carbocycles. The van der Waals surface area contributed by atoms with E-state index in [0.29, 0.717) is 18.2 Å². The Balaban J connectivity index is 0.00000261. The summed E-state index contributed by atoms with van der Waals surface area (Å²) in [5.74, 6) is 1.86. The summed E-state index contributed by atoms with van der Waals surface area (Å²) in [5, 5.41) is 15.7. The van der Waals surface area contributed by atoms with Crippen LogP contribution in [0.15, 0.2) is 53.7 Å². The van der Waals surface area contributed by atoms with Gasteiger partial charge < -0.3 is 15.5 Å². The molecule has 0 bridgehead atoms. The largest absolute Gasteiger partial charge is 0.356 e. The average Bonchev–Trinajstić information content (AvgIpc) is 2.72. The Labute approximate surface area is 177 Å². The fraction of sp³-hybridized carbons (Fsp3) is 0.350. The molecule has 0 unspecified atom stereocenters. The quantitative estimate of drug-likeness (QED) is 0.403. The van der Waals surface area contributed by atoms with Gasteiger partial charge in [0, 0.05) is 38.9 Å². The number of hydrogen-bond acceptors (Lipinski definition) is 4. The number of aromatic nitrogens is 1. The Morgan fingerprint density at radius 3 is 2.56 bits per heavy atom. The standard InChI is InChI=1S/C20H24N6.HI/c1-22-20(24-15-17-7-5-16(14-21)6-8-17)25-18-9-12-26(13-10-18)19-4-2-3-11-23-19;/h2-8,11,18H,9-10,12-13,15H2,1H3,(H2,22,24,25);1H. The Bertz CT molecular complexity index is 761. The molecule has 0 saturated carbocycles. The highest BCUT2D eigenvalue weighted by atomic mass is 127. The van der Waals surface area contributed by atoms with Crippen LogP contribution in [-0.2, 0) is 6.54 Å². The Morgan fingerprint density at radius 2 is 1.96 bits per heavy atom. The molecule has 2 N–H and O–H groups in total. The molecule has 0 radical (unpaired) electrons. The number of pyridine rings is 1. The Hall–Kier alpha value is -2.34. The van der Waals surface area contributed by atoms with E-state index in [1.165, 1.54) is 0 Å². The minimum atomic E-state index is 0. The first-order valence-electron chi connectivity index (χ1n) is 8.90. The van der Waals surface area contributed by atoms with Gasteiger partial charge in [-0.3, -0.25) is 4.99 Å². The molecule has 27 heavy (non-hydrogen) atoms. The molecule has 0 amide bonds. The summed E-state index contributed by atoms with van der Waals surface area (Å²) in [6.07, 6.45) is 3.94. The van der Waals surface area contributed by atoms with Gasteiger partial charge in [0.25, 0.3) is 0 Å². The SMILES string of the molecule is CN=C(NCc1ccc(C#N)cc1)NC1CCN(c2ccccn2)CC1.I. The number of halogens is 1. The number of anilines is 1. The fourth-order valence-electron chi connectivity index (χ4n) is 3.06. The van der Waals surface area contributed by atoms with Crippen LogP contribution in [0.1, 0.15) is 24.0 Å². The molecular weight excluding hydrogens is 451 g/mol. The minimum absolute atomic E-state index is 0. The van der Waals surface area contributed by atoms with E-state index >= 15 is 0 Å². The van der Waals surface area contributed by atoms with E-state index in [-0.39, 0.29) is 24.0 Å². The van der Waals surface area contributed by atoms with E-state index in [0.717, 1.165) is 43.3 Å². The van der Waals surface area contributed by atoms with Gasteiger partial charge >= 0.3 is 0 Å². The Kier molecular flexibility index (Phi) is 8.33. The number of aliphatic imine (C=N–C) groups is 1. The predicted octanol–water partition coefficient (Wildman–Crippen LogP) is 2.91. The molecule has 1 aliphatic rings. The second kappa shape index (κ2) is 10.7. The normalized spacial score (nSPS) is 14.8. The van der Waals surface area contributed by atoms with Crippen LogP contribution >= 0.6 is 24.0 Å². The number of piperidine rings is 1.